The molecule has 0 saturated carbocycles. The van der Waals surface area contributed by atoms with Gasteiger partial charge in [-0.25, -0.2) is 13.6 Å². The molecule has 0 amide bonds. The van der Waals surface area contributed by atoms with Gasteiger partial charge in [0.25, 0.3) is 5.78 Å². The average molecular weight is 334 g/mol. The topological polar surface area (TPSA) is 124 Å². The van der Waals surface area contributed by atoms with Crippen molar-refractivity contribution in [2.75, 3.05) is 11.9 Å². The Morgan fingerprint density at radius 2 is 2.04 bits per heavy atom. The molecule has 10 heteroatoms. The first kappa shape index (κ1) is 15.2. The van der Waals surface area contributed by atoms with E-state index < -0.39 is 10.0 Å². The van der Waals surface area contributed by atoms with Crippen molar-refractivity contribution in [1.82, 2.24) is 19.6 Å². The van der Waals surface area contributed by atoms with Gasteiger partial charge in [-0.05, 0) is 31.2 Å². The summed E-state index contributed by atoms with van der Waals surface area (Å²) in [5, 5.41) is 12.3. The summed E-state index contributed by atoms with van der Waals surface area (Å²) in [6.07, 6.45) is 1.38. The van der Waals surface area contributed by atoms with E-state index >= 15 is 0 Å². The second-order valence-corrected chi connectivity index (χ2v) is 6.14. The maximum absolute atomic E-state index is 11.3. The molecule has 3 rings (SSSR count). The number of nitrogens with zero attached hydrogens (tertiary/aromatic N) is 4. The average Bonchev–Trinajstić information content (AvgIpc) is 2.96. The molecule has 1 aromatic carbocycles. The third kappa shape index (κ3) is 3.22. The zero-order chi connectivity index (χ0) is 16.4. The van der Waals surface area contributed by atoms with Crippen molar-refractivity contribution in [3.63, 3.8) is 0 Å². The zero-order valence-electron chi connectivity index (χ0n) is 12.2. The second kappa shape index (κ2) is 5.82. The predicted molar refractivity (Wildman–Crippen MR) is 83.0 cm³/mol. The molecule has 3 N–H and O–H groups in total. The lowest BCUT2D eigenvalue weighted by atomic mass is 10.3. The van der Waals surface area contributed by atoms with Crippen LogP contribution in [0.3, 0.4) is 0 Å². The fourth-order valence-corrected chi connectivity index (χ4v) is 2.49. The normalized spacial score (nSPS) is 11.6. The minimum absolute atomic E-state index is 0.0405. The molecule has 0 aliphatic heterocycles. The molecule has 0 saturated heterocycles. The van der Waals surface area contributed by atoms with Gasteiger partial charge >= 0.3 is 0 Å². The Labute approximate surface area is 132 Å². The highest BCUT2D eigenvalue weighted by molar-refractivity contribution is 7.89. The maximum Gasteiger partial charge on any atom is 0.257 e. The molecule has 9 nitrogen and oxygen atoms in total. The number of hydrogen-bond acceptors (Lipinski definition) is 7. The number of aromatic nitrogens is 4. The Morgan fingerprint density at radius 1 is 1.30 bits per heavy atom. The number of rotatable bonds is 5. The monoisotopic (exact) mass is 334 g/mol. The van der Waals surface area contributed by atoms with Gasteiger partial charge in [-0.2, -0.15) is 19.6 Å². The zero-order valence-corrected chi connectivity index (χ0v) is 13.0. The molecule has 23 heavy (non-hydrogen) atoms. The van der Waals surface area contributed by atoms with E-state index in [1.807, 2.05) is 6.92 Å². The van der Waals surface area contributed by atoms with Crippen LogP contribution in [0.2, 0.25) is 0 Å². The molecule has 0 bridgehead atoms. The van der Waals surface area contributed by atoms with E-state index in [0.29, 0.717) is 29.8 Å². The molecular formula is C13H14N6O3S. The number of anilines is 2. The summed E-state index contributed by atoms with van der Waals surface area (Å²) >= 11 is 0. The third-order valence-electron chi connectivity index (χ3n) is 2.98. The van der Waals surface area contributed by atoms with Crippen LogP contribution in [0, 0.1) is 0 Å². The van der Waals surface area contributed by atoms with Gasteiger partial charge in [0, 0.05) is 11.8 Å². The molecule has 0 aliphatic carbocycles. The van der Waals surface area contributed by atoms with Gasteiger partial charge in [0.05, 0.1) is 11.5 Å². The smallest absolute Gasteiger partial charge is 0.257 e. The van der Waals surface area contributed by atoms with E-state index in [9.17, 15) is 8.42 Å². The standard InChI is InChI=1S/C13H14N6O3S/c1-2-22-12-7-11(19-13(18-12)15-8-16-19)17-9-3-5-10(6-4-9)23(14,20)21/h3-8,17H,2H2,1H3,(H2,14,20,21). The molecule has 0 fully saturated rings. The summed E-state index contributed by atoms with van der Waals surface area (Å²) in [5.41, 5.74) is 0.655. The Kier molecular flexibility index (Phi) is 3.84. The summed E-state index contributed by atoms with van der Waals surface area (Å²) in [5.74, 6) is 1.38. The molecule has 0 radical (unpaired) electrons. The molecule has 0 atom stereocenters. The lowest BCUT2D eigenvalue weighted by molar-refractivity contribution is 0.327. The minimum atomic E-state index is -3.72. The summed E-state index contributed by atoms with van der Waals surface area (Å²) < 4.78 is 29.4. The number of ether oxygens (including phenoxy) is 1. The van der Waals surface area contributed by atoms with Crippen LogP contribution >= 0.6 is 0 Å². The highest BCUT2D eigenvalue weighted by Crippen LogP contribution is 2.21. The quantitative estimate of drug-likeness (QED) is 0.710. The van der Waals surface area contributed by atoms with Crippen molar-refractivity contribution in [2.24, 2.45) is 5.14 Å². The van der Waals surface area contributed by atoms with Gasteiger partial charge in [0.15, 0.2) is 0 Å². The second-order valence-electron chi connectivity index (χ2n) is 4.58. The van der Waals surface area contributed by atoms with Crippen LogP contribution < -0.4 is 15.2 Å². The summed E-state index contributed by atoms with van der Waals surface area (Å²) in [6, 6.07) is 7.72. The van der Waals surface area contributed by atoms with E-state index in [1.165, 1.54) is 23.0 Å². The Hall–Kier alpha value is -2.72. The van der Waals surface area contributed by atoms with E-state index in [1.54, 1.807) is 18.2 Å². The molecule has 0 unspecified atom stereocenters. The van der Waals surface area contributed by atoms with Gasteiger partial charge in [-0.15, -0.1) is 0 Å². The number of benzene rings is 1. The van der Waals surface area contributed by atoms with Crippen molar-refractivity contribution >= 4 is 27.3 Å². The fraction of sp³-hybridized carbons (Fsp3) is 0.154. The Bertz CT molecular complexity index is 936. The fourth-order valence-electron chi connectivity index (χ4n) is 1.98. The molecule has 2 aromatic heterocycles. The number of sulfonamides is 1. The number of nitrogens with two attached hydrogens (primary N) is 1. The molecular weight excluding hydrogens is 320 g/mol. The van der Waals surface area contributed by atoms with E-state index in [0.717, 1.165) is 0 Å². The molecule has 3 aromatic rings. The van der Waals surface area contributed by atoms with Crippen LogP contribution in [0.25, 0.3) is 5.78 Å². The van der Waals surface area contributed by atoms with Crippen LogP contribution in [-0.4, -0.2) is 34.6 Å². The van der Waals surface area contributed by atoms with Gasteiger partial charge in [0.2, 0.25) is 15.9 Å². The summed E-state index contributed by atoms with van der Waals surface area (Å²) in [7, 11) is -3.72. The van der Waals surface area contributed by atoms with Crippen LogP contribution in [0.5, 0.6) is 5.88 Å². The Balaban J connectivity index is 1.96. The minimum Gasteiger partial charge on any atom is -0.478 e. The SMILES string of the molecule is CCOc1cc(Nc2ccc(S(N)(=O)=O)cc2)n2ncnc2n1. The van der Waals surface area contributed by atoms with Crippen LogP contribution in [-0.2, 0) is 10.0 Å². The largest absolute Gasteiger partial charge is 0.478 e. The van der Waals surface area contributed by atoms with Gasteiger partial charge in [-0.1, -0.05) is 0 Å². The molecule has 0 spiro atoms. The van der Waals surface area contributed by atoms with Gasteiger partial charge < -0.3 is 10.1 Å². The Morgan fingerprint density at radius 3 is 2.70 bits per heavy atom. The number of nitrogens with one attached hydrogen (secondary N) is 1. The molecule has 0 aliphatic rings. The van der Waals surface area contributed by atoms with Gasteiger partial charge in [0.1, 0.15) is 12.1 Å². The van der Waals surface area contributed by atoms with E-state index in [2.05, 4.69) is 20.4 Å². The first-order chi connectivity index (χ1) is 11.0. The third-order valence-corrected chi connectivity index (χ3v) is 3.91. The predicted octanol–water partition coefficient (Wildman–Crippen LogP) is 0.914. The first-order valence-corrected chi connectivity index (χ1v) is 8.25. The van der Waals surface area contributed by atoms with Crippen LogP contribution in [0.15, 0.2) is 41.6 Å². The summed E-state index contributed by atoms with van der Waals surface area (Å²) in [6.45, 7) is 2.33. The highest BCUT2D eigenvalue weighted by Gasteiger charge is 2.10. The lowest BCUT2D eigenvalue weighted by Gasteiger charge is -2.10. The van der Waals surface area contributed by atoms with Crippen molar-refractivity contribution in [3.05, 3.63) is 36.7 Å². The van der Waals surface area contributed by atoms with Gasteiger partial charge in [-0.3, -0.25) is 0 Å². The number of primary sulfonamides is 1. The molecule has 120 valence electrons. The van der Waals surface area contributed by atoms with Crippen molar-refractivity contribution in [1.29, 1.82) is 0 Å². The summed E-state index contributed by atoms with van der Waals surface area (Å²) in [4.78, 5) is 8.28. The van der Waals surface area contributed by atoms with Crippen LogP contribution in [0.1, 0.15) is 6.92 Å². The first-order valence-electron chi connectivity index (χ1n) is 6.71. The number of hydrogen-bond donors (Lipinski definition) is 2. The lowest BCUT2D eigenvalue weighted by Crippen LogP contribution is -2.11. The van der Waals surface area contributed by atoms with Crippen molar-refractivity contribution in [2.45, 2.75) is 11.8 Å². The van der Waals surface area contributed by atoms with Crippen LogP contribution in [0.4, 0.5) is 11.5 Å². The van der Waals surface area contributed by atoms with Crippen molar-refractivity contribution in [3.8, 4) is 5.88 Å². The van der Waals surface area contributed by atoms with Crippen molar-refractivity contribution < 1.29 is 13.2 Å². The highest BCUT2D eigenvalue weighted by atomic mass is 32.2. The van der Waals surface area contributed by atoms with E-state index in [4.69, 9.17) is 9.88 Å². The molecule has 2 heterocycles. The van der Waals surface area contributed by atoms with E-state index in [-0.39, 0.29) is 4.90 Å². The number of fused-ring (bicyclic) bond motifs is 1. The maximum atomic E-state index is 11.3.